The lowest BCUT2D eigenvalue weighted by molar-refractivity contribution is -0.131. The van der Waals surface area contributed by atoms with Gasteiger partial charge >= 0.3 is 0 Å². The Labute approximate surface area is 123 Å². The van der Waals surface area contributed by atoms with E-state index in [0.717, 1.165) is 24.2 Å². The molecule has 3 rings (SSSR count). The first kappa shape index (κ1) is 13.9. The van der Waals surface area contributed by atoms with E-state index in [0.29, 0.717) is 32.1 Å². The SMILES string of the molecule is Cc1ccc2oc(N3CCN(C(=O)CCN)CC3)nc2c1. The Morgan fingerprint density at radius 1 is 1.33 bits per heavy atom. The Morgan fingerprint density at radius 2 is 2.10 bits per heavy atom. The highest BCUT2D eigenvalue weighted by Gasteiger charge is 2.23. The summed E-state index contributed by atoms with van der Waals surface area (Å²) in [7, 11) is 0. The van der Waals surface area contributed by atoms with Crippen molar-refractivity contribution in [1.82, 2.24) is 9.88 Å². The molecule has 0 spiro atoms. The minimum absolute atomic E-state index is 0.130. The van der Waals surface area contributed by atoms with Crippen molar-refractivity contribution in [1.29, 1.82) is 0 Å². The second kappa shape index (κ2) is 5.73. The van der Waals surface area contributed by atoms with Gasteiger partial charge in [-0.25, -0.2) is 0 Å². The van der Waals surface area contributed by atoms with Crippen molar-refractivity contribution in [2.75, 3.05) is 37.6 Å². The molecule has 1 aliphatic rings. The quantitative estimate of drug-likeness (QED) is 0.916. The van der Waals surface area contributed by atoms with E-state index in [9.17, 15) is 4.79 Å². The number of nitrogens with zero attached hydrogens (tertiary/aromatic N) is 3. The van der Waals surface area contributed by atoms with E-state index >= 15 is 0 Å². The van der Waals surface area contributed by atoms with Crippen LogP contribution in [0, 0.1) is 6.92 Å². The number of hydrogen-bond acceptors (Lipinski definition) is 5. The fourth-order valence-corrected chi connectivity index (χ4v) is 2.59. The molecule has 0 unspecified atom stereocenters. The minimum Gasteiger partial charge on any atom is -0.423 e. The Morgan fingerprint density at radius 3 is 2.81 bits per heavy atom. The second-order valence-corrected chi connectivity index (χ2v) is 5.37. The molecular weight excluding hydrogens is 268 g/mol. The first-order valence-corrected chi connectivity index (χ1v) is 7.27. The second-order valence-electron chi connectivity index (χ2n) is 5.37. The molecule has 1 fully saturated rings. The van der Waals surface area contributed by atoms with Crippen molar-refractivity contribution in [3.05, 3.63) is 23.8 Å². The van der Waals surface area contributed by atoms with Crippen molar-refractivity contribution >= 4 is 23.0 Å². The highest BCUT2D eigenvalue weighted by molar-refractivity contribution is 5.77. The fourth-order valence-electron chi connectivity index (χ4n) is 2.59. The molecule has 1 amide bonds. The molecule has 112 valence electrons. The zero-order valence-corrected chi connectivity index (χ0v) is 12.2. The molecule has 1 saturated heterocycles. The summed E-state index contributed by atoms with van der Waals surface area (Å²) in [5.41, 5.74) is 8.28. The normalized spacial score (nSPS) is 15.7. The van der Waals surface area contributed by atoms with Gasteiger partial charge in [0.2, 0.25) is 5.91 Å². The topological polar surface area (TPSA) is 75.6 Å². The first-order chi connectivity index (χ1) is 10.2. The van der Waals surface area contributed by atoms with Crippen LogP contribution in [0.3, 0.4) is 0 Å². The summed E-state index contributed by atoms with van der Waals surface area (Å²) in [6.07, 6.45) is 0.419. The summed E-state index contributed by atoms with van der Waals surface area (Å²) >= 11 is 0. The van der Waals surface area contributed by atoms with E-state index in [-0.39, 0.29) is 5.91 Å². The molecule has 2 aromatic rings. The standard InChI is InChI=1S/C15H20N4O2/c1-11-2-3-13-12(10-11)17-15(21-13)19-8-6-18(7-9-19)14(20)4-5-16/h2-3,10H,4-9,16H2,1H3. The molecule has 0 aliphatic carbocycles. The van der Waals surface area contributed by atoms with Crippen LogP contribution < -0.4 is 10.6 Å². The van der Waals surface area contributed by atoms with Gasteiger partial charge in [-0.2, -0.15) is 4.98 Å². The lowest BCUT2D eigenvalue weighted by Gasteiger charge is -2.33. The summed E-state index contributed by atoms with van der Waals surface area (Å²) < 4.78 is 5.80. The van der Waals surface area contributed by atoms with E-state index in [1.807, 2.05) is 30.0 Å². The van der Waals surface area contributed by atoms with Gasteiger partial charge < -0.3 is 20.0 Å². The summed E-state index contributed by atoms with van der Waals surface area (Å²) in [5, 5.41) is 0. The maximum atomic E-state index is 11.8. The van der Waals surface area contributed by atoms with Crippen molar-refractivity contribution in [2.45, 2.75) is 13.3 Å². The number of benzene rings is 1. The molecule has 6 heteroatoms. The Balaban J connectivity index is 1.69. The van der Waals surface area contributed by atoms with Gasteiger partial charge in [0.15, 0.2) is 5.58 Å². The molecule has 0 saturated carbocycles. The number of nitrogens with two attached hydrogens (primary N) is 1. The number of piperazine rings is 1. The third-order valence-electron chi connectivity index (χ3n) is 3.79. The first-order valence-electron chi connectivity index (χ1n) is 7.27. The number of aryl methyl sites for hydroxylation is 1. The van der Waals surface area contributed by atoms with Gasteiger partial charge in [-0.3, -0.25) is 4.79 Å². The minimum atomic E-state index is 0.130. The number of carbonyl (C=O) groups is 1. The highest BCUT2D eigenvalue weighted by Crippen LogP contribution is 2.23. The summed E-state index contributed by atoms with van der Waals surface area (Å²) in [6, 6.07) is 6.62. The van der Waals surface area contributed by atoms with E-state index in [4.69, 9.17) is 10.2 Å². The predicted molar refractivity (Wildman–Crippen MR) is 81.2 cm³/mol. The average Bonchev–Trinajstić information content (AvgIpc) is 2.90. The van der Waals surface area contributed by atoms with Crippen molar-refractivity contribution in [3.63, 3.8) is 0 Å². The van der Waals surface area contributed by atoms with E-state index in [1.165, 1.54) is 5.56 Å². The van der Waals surface area contributed by atoms with Crippen LogP contribution in [-0.2, 0) is 4.79 Å². The monoisotopic (exact) mass is 288 g/mol. The molecule has 0 bridgehead atoms. The number of anilines is 1. The van der Waals surface area contributed by atoms with Crippen LogP contribution in [0.15, 0.2) is 22.6 Å². The van der Waals surface area contributed by atoms with Crippen LogP contribution in [0.2, 0.25) is 0 Å². The van der Waals surface area contributed by atoms with Crippen molar-refractivity contribution in [2.24, 2.45) is 5.73 Å². The number of fused-ring (bicyclic) bond motifs is 1. The summed E-state index contributed by atoms with van der Waals surface area (Å²) in [6.45, 7) is 5.30. The molecule has 0 radical (unpaired) electrons. The Bertz CT molecular complexity index is 644. The highest BCUT2D eigenvalue weighted by atomic mass is 16.4. The number of rotatable bonds is 3. The van der Waals surface area contributed by atoms with Gasteiger partial charge in [0.1, 0.15) is 5.52 Å². The lowest BCUT2D eigenvalue weighted by atomic mass is 10.2. The Hall–Kier alpha value is -2.08. The molecule has 1 aromatic heterocycles. The number of hydrogen-bond donors (Lipinski definition) is 1. The van der Waals surface area contributed by atoms with Crippen LogP contribution >= 0.6 is 0 Å². The van der Waals surface area contributed by atoms with Crippen LogP contribution in [0.5, 0.6) is 0 Å². The molecule has 0 atom stereocenters. The van der Waals surface area contributed by atoms with E-state index in [1.54, 1.807) is 0 Å². The van der Waals surface area contributed by atoms with Crippen LogP contribution in [-0.4, -0.2) is 48.5 Å². The molecule has 1 aliphatic heterocycles. The zero-order valence-electron chi connectivity index (χ0n) is 12.2. The average molecular weight is 288 g/mol. The van der Waals surface area contributed by atoms with Crippen molar-refractivity contribution in [3.8, 4) is 0 Å². The van der Waals surface area contributed by atoms with Crippen molar-refractivity contribution < 1.29 is 9.21 Å². The molecule has 2 heterocycles. The third kappa shape index (κ3) is 2.85. The fraction of sp³-hybridized carbons (Fsp3) is 0.467. The number of carbonyl (C=O) groups excluding carboxylic acids is 1. The summed E-state index contributed by atoms with van der Waals surface area (Å²) in [4.78, 5) is 20.3. The van der Waals surface area contributed by atoms with E-state index < -0.39 is 0 Å². The van der Waals surface area contributed by atoms with E-state index in [2.05, 4.69) is 9.88 Å². The van der Waals surface area contributed by atoms with Gasteiger partial charge in [0.05, 0.1) is 0 Å². The number of oxazole rings is 1. The maximum Gasteiger partial charge on any atom is 0.298 e. The van der Waals surface area contributed by atoms with Crippen LogP contribution in [0.4, 0.5) is 6.01 Å². The third-order valence-corrected chi connectivity index (χ3v) is 3.79. The number of amides is 1. The molecule has 1 aromatic carbocycles. The molecule has 21 heavy (non-hydrogen) atoms. The predicted octanol–water partition coefficient (Wildman–Crippen LogP) is 1.13. The number of aromatic nitrogens is 1. The lowest BCUT2D eigenvalue weighted by Crippen LogP contribution is -2.49. The van der Waals surface area contributed by atoms with Crippen LogP contribution in [0.25, 0.3) is 11.1 Å². The molecular formula is C15H20N4O2. The largest absolute Gasteiger partial charge is 0.423 e. The van der Waals surface area contributed by atoms with Gasteiger partial charge in [-0.05, 0) is 24.6 Å². The molecule has 2 N–H and O–H groups in total. The van der Waals surface area contributed by atoms with Gasteiger partial charge in [0.25, 0.3) is 6.01 Å². The Kier molecular flexibility index (Phi) is 3.79. The van der Waals surface area contributed by atoms with Gasteiger partial charge in [-0.1, -0.05) is 6.07 Å². The smallest absolute Gasteiger partial charge is 0.298 e. The molecule has 6 nitrogen and oxygen atoms in total. The zero-order chi connectivity index (χ0) is 14.8. The van der Waals surface area contributed by atoms with Gasteiger partial charge in [-0.15, -0.1) is 0 Å². The summed E-state index contributed by atoms with van der Waals surface area (Å²) in [5.74, 6) is 0.130. The van der Waals surface area contributed by atoms with Crippen LogP contribution in [0.1, 0.15) is 12.0 Å². The maximum absolute atomic E-state index is 11.8. The van der Waals surface area contributed by atoms with Gasteiger partial charge in [0, 0.05) is 39.1 Å².